The van der Waals surface area contributed by atoms with Crippen molar-refractivity contribution in [2.45, 2.75) is 6.54 Å². The summed E-state index contributed by atoms with van der Waals surface area (Å²) in [4.78, 5) is 13.3. The van der Waals surface area contributed by atoms with Crippen molar-refractivity contribution in [3.05, 3.63) is 12.3 Å². The number of nitrogens with two attached hydrogens (primary N) is 1. The van der Waals surface area contributed by atoms with E-state index in [0.717, 1.165) is 0 Å². The van der Waals surface area contributed by atoms with Crippen molar-refractivity contribution in [3.63, 3.8) is 0 Å². The van der Waals surface area contributed by atoms with E-state index in [4.69, 9.17) is 10.8 Å². The minimum Gasteiger partial charge on any atom is -0.396 e. The monoisotopic (exact) mass is 210 g/mol. The van der Waals surface area contributed by atoms with E-state index >= 15 is 0 Å². The summed E-state index contributed by atoms with van der Waals surface area (Å²) in [6, 6.07) is 1.65. The maximum absolute atomic E-state index is 11.6. The zero-order chi connectivity index (χ0) is 10.8. The molecule has 0 saturated carbocycles. The highest BCUT2D eigenvalue weighted by molar-refractivity contribution is 5.76. The Morgan fingerprint density at radius 1 is 1.67 bits per heavy atom. The molecule has 1 aliphatic heterocycles. The largest absolute Gasteiger partial charge is 0.396 e. The first kappa shape index (κ1) is 9.97. The van der Waals surface area contributed by atoms with Crippen LogP contribution in [0.25, 0.3) is 0 Å². The van der Waals surface area contributed by atoms with Crippen LogP contribution in [0.2, 0.25) is 0 Å². The van der Waals surface area contributed by atoms with Gasteiger partial charge >= 0.3 is 0 Å². The number of rotatable bonds is 3. The van der Waals surface area contributed by atoms with Gasteiger partial charge in [0, 0.05) is 31.8 Å². The number of hydrogen-bond acceptors (Lipinski definition) is 4. The Morgan fingerprint density at radius 3 is 2.93 bits per heavy atom. The van der Waals surface area contributed by atoms with Crippen molar-refractivity contribution in [1.29, 1.82) is 0 Å². The molecule has 0 atom stereocenters. The van der Waals surface area contributed by atoms with Crippen LogP contribution in [-0.4, -0.2) is 45.4 Å². The molecule has 1 saturated heterocycles. The lowest BCUT2D eigenvalue weighted by Crippen LogP contribution is -2.52. The lowest BCUT2D eigenvalue weighted by molar-refractivity contribution is -0.139. The van der Waals surface area contributed by atoms with Gasteiger partial charge in [-0.15, -0.1) is 0 Å². The molecule has 1 fully saturated rings. The molecule has 0 aliphatic carbocycles. The van der Waals surface area contributed by atoms with Gasteiger partial charge in [0.1, 0.15) is 12.4 Å². The fourth-order valence-corrected chi connectivity index (χ4v) is 1.59. The summed E-state index contributed by atoms with van der Waals surface area (Å²) in [5.41, 5.74) is 5.43. The van der Waals surface area contributed by atoms with Crippen LogP contribution in [0.15, 0.2) is 12.3 Å². The van der Waals surface area contributed by atoms with E-state index in [1.54, 1.807) is 17.2 Å². The Labute approximate surface area is 87.3 Å². The third kappa shape index (κ3) is 2.10. The first-order chi connectivity index (χ1) is 7.19. The van der Waals surface area contributed by atoms with E-state index in [-0.39, 0.29) is 25.0 Å². The standard InChI is InChI=1S/C9H14N4O2/c10-8-1-2-13(11-8)5-9(15)12-3-7(4-12)6-14/h1-2,7,14H,3-6H2,(H2,10,11). The number of nitrogens with zero attached hydrogens (tertiary/aromatic N) is 3. The summed E-state index contributed by atoms with van der Waals surface area (Å²) in [5, 5.41) is 12.7. The first-order valence-electron chi connectivity index (χ1n) is 4.86. The molecule has 1 aliphatic rings. The van der Waals surface area contributed by atoms with Crippen LogP contribution < -0.4 is 5.73 Å². The Morgan fingerprint density at radius 2 is 2.40 bits per heavy atom. The molecule has 15 heavy (non-hydrogen) atoms. The molecule has 82 valence electrons. The molecule has 6 nitrogen and oxygen atoms in total. The lowest BCUT2D eigenvalue weighted by atomic mass is 10.0. The molecule has 0 spiro atoms. The molecule has 0 unspecified atom stereocenters. The molecular weight excluding hydrogens is 196 g/mol. The highest BCUT2D eigenvalue weighted by Gasteiger charge is 2.29. The number of hydrogen-bond donors (Lipinski definition) is 2. The molecule has 3 N–H and O–H groups in total. The molecule has 0 radical (unpaired) electrons. The van der Waals surface area contributed by atoms with Crippen LogP contribution in [0.1, 0.15) is 0 Å². The van der Waals surface area contributed by atoms with Crippen molar-refractivity contribution in [2.75, 3.05) is 25.4 Å². The number of likely N-dealkylation sites (tertiary alicyclic amines) is 1. The smallest absolute Gasteiger partial charge is 0.244 e. The number of aliphatic hydroxyl groups excluding tert-OH is 1. The van der Waals surface area contributed by atoms with E-state index < -0.39 is 0 Å². The SMILES string of the molecule is Nc1ccn(CC(=O)N2CC(CO)C2)n1. The minimum absolute atomic E-state index is 0.0165. The van der Waals surface area contributed by atoms with Gasteiger partial charge in [-0.1, -0.05) is 0 Å². The Bertz CT molecular complexity index is 357. The van der Waals surface area contributed by atoms with Crippen molar-refractivity contribution < 1.29 is 9.90 Å². The van der Waals surface area contributed by atoms with Gasteiger partial charge < -0.3 is 15.7 Å². The summed E-state index contributed by atoms with van der Waals surface area (Å²) < 4.78 is 1.52. The fraction of sp³-hybridized carbons (Fsp3) is 0.556. The summed E-state index contributed by atoms with van der Waals surface area (Å²) in [6.07, 6.45) is 1.68. The molecule has 2 heterocycles. The number of aromatic nitrogens is 2. The van der Waals surface area contributed by atoms with E-state index in [2.05, 4.69) is 5.10 Å². The van der Waals surface area contributed by atoms with Crippen molar-refractivity contribution >= 4 is 11.7 Å². The van der Waals surface area contributed by atoms with Gasteiger partial charge in [-0.05, 0) is 6.07 Å². The van der Waals surface area contributed by atoms with Crippen molar-refractivity contribution in [3.8, 4) is 0 Å². The Balaban J connectivity index is 1.83. The van der Waals surface area contributed by atoms with E-state index in [0.29, 0.717) is 18.9 Å². The predicted octanol–water partition coefficient (Wildman–Crippen LogP) is -1.08. The lowest BCUT2D eigenvalue weighted by Gasteiger charge is -2.38. The van der Waals surface area contributed by atoms with Crippen LogP contribution >= 0.6 is 0 Å². The van der Waals surface area contributed by atoms with Crippen molar-refractivity contribution in [1.82, 2.24) is 14.7 Å². The molecule has 2 rings (SSSR count). The van der Waals surface area contributed by atoms with Crippen LogP contribution in [0.5, 0.6) is 0 Å². The predicted molar refractivity (Wildman–Crippen MR) is 53.8 cm³/mol. The Kier molecular flexibility index (Phi) is 2.59. The number of anilines is 1. The van der Waals surface area contributed by atoms with Crippen LogP contribution in [-0.2, 0) is 11.3 Å². The maximum atomic E-state index is 11.6. The van der Waals surface area contributed by atoms with E-state index in [1.165, 1.54) is 4.68 Å². The maximum Gasteiger partial charge on any atom is 0.244 e. The molecule has 6 heteroatoms. The van der Waals surface area contributed by atoms with Gasteiger partial charge in [-0.2, -0.15) is 5.10 Å². The number of carbonyl (C=O) groups is 1. The third-order valence-corrected chi connectivity index (χ3v) is 2.53. The molecular formula is C9H14N4O2. The summed E-state index contributed by atoms with van der Waals surface area (Å²) >= 11 is 0. The second-order valence-electron chi connectivity index (χ2n) is 3.79. The number of carbonyl (C=O) groups excluding carboxylic acids is 1. The van der Waals surface area contributed by atoms with Crippen LogP contribution in [0, 0.1) is 5.92 Å². The Hall–Kier alpha value is -1.56. The van der Waals surface area contributed by atoms with Crippen LogP contribution in [0.4, 0.5) is 5.82 Å². The molecule has 1 aromatic heterocycles. The zero-order valence-electron chi connectivity index (χ0n) is 8.33. The molecule has 0 bridgehead atoms. The second kappa shape index (κ2) is 3.90. The second-order valence-corrected chi connectivity index (χ2v) is 3.79. The fourth-order valence-electron chi connectivity index (χ4n) is 1.59. The van der Waals surface area contributed by atoms with Crippen molar-refractivity contribution in [2.24, 2.45) is 5.92 Å². The van der Waals surface area contributed by atoms with Gasteiger partial charge in [-0.25, -0.2) is 0 Å². The average Bonchev–Trinajstić information content (AvgIpc) is 2.49. The summed E-state index contributed by atoms with van der Waals surface area (Å²) in [6.45, 7) is 1.66. The first-order valence-corrected chi connectivity index (χ1v) is 4.86. The zero-order valence-corrected chi connectivity index (χ0v) is 8.33. The van der Waals surface area contributed by atoms with E-state index in [1.807, 2.05) is 0 Å². The quantitative estimate of drug-likeness (QED) is 0.664. The van der Waals surface area contributed by atoms with E-state index in [9.17, 15) is 4.79 Å². The molecule has 0 aromatic carbocycles. The summed E-state index contributed by atoms with van der Waals surface area (Å²) in [5.74, 6) is 0.680. The average molecular weight is 210 g/mol. The molecule has 1 amide bonds. The van der Waals surface area contributed by atoms with Gasteiger partial charge in [0.15, 0.2) is 0 Å². The minimum atomic E-state index is 0.0165. The molecule has 1 aromatic rings. The number of amides is 1. The van der Waals surface area contributed by atoms with Gasteiger partial charge in [0.05, 0.1) is 0 Å². The highest BCUT2D eigenvalue weighted by Crippen LogP contribution is 2.14. The highest BCUT2D eigenvalue weighted by atomic mass is 16.3. The van der Waals surface area contributed by atoms with Gasteiger partial charge in [-0.3, -0.25) is 9.48 Å². The van der Waals surface area contributed by atoms with Gasteiger partial charge in [0.2, 0.25) is 5.91 Å². The summed E-state index contributed by atoms with van der Waals surface area (Å²) in [7, 11) is 0. The third-order valence-electron chi connectivity index (χ3n) is 2.53. The topological polar surface area (TPSA) is 84.4 Å². The van der Waals surface area contributed by atoms with Crippen LogP contribution in [0.3, 0.4) is 0 Å². The number of aliphatic hydroxyl groups is 1. The van der Waals surface area contributed by atoms with Gasteiger partial charge in [0.25, 0.3) is 0 Å². The number of nitrogen functional groups attached to an aromatic ring is 1. The normalized spacial score (nSPS) is 16.5.